The largest absolute Gasteiger partial charge is 0.496 e. The van der Waals surface area contributed by atoms with Crippen LogP contribution < -0.4 is 10.1 Å². The molecule has 0 spiro atoms. The quantitative estimate of drug-likeness (QED) is 0.794. The Hall–Kier alpha value is -1.32. The van der Waals surface area contributed by atoms with E-state index < -0.39 is 0 Å². The summed E-state index contributed by atoms with van der Waals surface area (Å²) < 4.78 is 5.51. The molecule has 2 atom stereocenters. The Balaban J connectivity index is 2.21. The van der Waals surface area contributed by atoms with Gasteiger partial charge in [-0.2, -0.15) is 0 Å². The molecule has 0 radical (unpaired) electrons. The first-order valence-electron chi connectivity index (χ1n) is 7.52. The third kappa shape index (κ3) is 3.66. The third-order valence-corrected chi connectivity index (χ3v) is 4.90. The molecule has 1 aromatic carbocycles. The lowest BCUT2D eigenvalue weighted by atomic mass is 10.0. The van der Waals surface area contributed by atoms with Crippen LogP contribution in [0.2, 0.25) is 0 Å². The maximum Gasteiger partial charge on any atom is 0.123 e. The van der Waals surface area contributed by atoms with Gasteiger partial charge in [-0.15, -0.1) is 11.3 Å². The van der Waals surface area contributed by atoms with Crippen LogP contribution in [0.1, 0.15) is 53.2 Å². The predicted molar refractivity (Wildman–Crippen MR) is 91.4 cm³/mol. The van der Waals surface area contributed by atoms with Gasteiger partial charge in [0.05, 0.1) is 7.11 Å². The molecular formula is C18H25NOS. The van der Waals surface area contributed by atoms with Crippen LogP contribution in [-0.4, -0.2) is 7.11 Å². The first-order valence-corrected chi connectivity index (χ1v) is 8.34. The van der Waals surface area contributed by atoms with Crippen molar-refractivity contribution in [3.63, 3.8) is 0 Å². The van der Waals surface area contributed by atoms with Crippen molar-refractivity contribution in [1.29, 1.82) is 0 Å². The second kappa shape index (κ2) is 7.10. The molecule has 0 fully saturated rings. The van der Waals surface area contributed by atoms with Gasteiger partial charge in [0.15, 0.2) is 0 Å². The number of aryl methyl sites for hydroxylation is 2. The zero-order chi connectivity index (χ0) is 15.4. The summed E-state index contributed by atoms with van der Waals surface area (Å²) in [6, 6.07) is 11.2. The predicted octanol–water partition coefficient (Wildman–Crippen LogP) is 5.18. The van der Waals surface area contributed by atoms with Crippen molar-refractivity contribution in [2.24, 2.45) is 0 Å². The monoisotopic (exact) mass is 303 g/mol. The molecule has 0 saturated carbocycles. The van der Waals surface area contributed by atoms with Crippen LogP contribution in [0.25, 0.3) is 0 Å². The minimum Gasteiger partial charge on any atom is -0.496 e. The maximum absolute atomic E-state index is 5.51. The number of rotatable bonds is 6. The van der Waals surface area contributed by atoms with Crippen LogP contribution in [0.4, 0.5) is 0 Å². The van der Waals surface area contributed by atoms with E-state index in [2.05, 4.69) is 51.2 Å². The Morgan fingerprint density at radius 3 is 2.48 bits per heavy atom. The Morgan fingerprint density at radius 1 is 1.19 bits per heavy atom. The average Bonchev–Trinajstić information content (AvgIpc) is 2.83. The number of methoxy groups -OCH3 is 1. The lowest BCUT2D eigenvalue weighted by Crippen LogP contribution is -2.24. The Bertz CT molecular complexity index is 591. The highest BCUT2D eigenvalue weighted by molar-refractivity contribution is 7.12. The number of nitrogens with one attached hydrogen (secondary N) is 1. The molecule has 0 aliphatic carbocycles. The molecule has 2 unspecified atom stereocenters. The van der Waals surface area contributed by atoms with Gasteiger partial charge < -0.3 is 10.1 Å². The number of hydrogen-bond donors (Lipinski definition) is 1. The second-order valence-electron chi connectivity index (χ2n) is 5.46. The third-order valence-electron chi connectivity index (χ3n) is 3.92. The fourth-order valence-corrected chi connectivity index (χ4v) is 3.88. The van der Waals surface area contributed by atoms with Crippen molar-refractivity contribution < 1.29 is 4.74 Å². The van der Waals surface area contributed by atoms with Gasteiger partial charge in [-0.3, -0.25) is 0 Å². The van der Waals surface area contributed by atoms with Crippen molar-refractivity contribution in [2.45, 2.75) is 46.2 Å². The molecule has 114 valence electrons. The van der Waals surface area contributed by atoms with E-state index in [4.69, 9.17) is 4.74 Å². The van der Waals surface area contributed by atoms with Gasteiger partial charge >= 0.3 is 0 Å². The number of para-hydroxylation sites is 1. The van der Waals surface area contributed by atoms with Crippen molar-refractivity contribution in [3.05, 3.63) is 51.2 Å². The zero-order valence-corrected chi connectivity index (χ0v) is 14.4. The molecule has 2 aromatic rings. The minimum absolute atomic E-state index is 0.302. The van der Waals surface area contributed by atoms with E-state index in [1.807, 2.05) is 23.5 Å². The van der Waals surface area contributed by atoms with Gasteiger partial charge in [-0.1, -0.05) is 25.1 Å². The zero-order valence-electron chi connectivity index (χ0n) is 13.6. The molecule has 2 rings (SSSR count). The highest BCUT2D eigenvalue weighted by Gasteiger charge is 2.18. The molecular weight excluding hydrogens is 278 g/mol. The Morgan fingerprint density at radius 2 is 1.90 bits per heavy atom. The molecule has 0 saturated heterocycles. The van der Waals surface area contributed by atoms with Crippen molar-refractivity contribution in [1.82, 2.24) is 5.32 Å². The average molecular weight is 303 g/mol. The van der Waals surface area contributed by atoms with Gasteiger partial charge in [0.2, 0.25) is 0 Å². The number of ether oxygens (including phenoxy) is 1. The molecule has 0 bridgehead atoms. The van der Waals surface area contributed by atoms with E-state index in [0.29, 0.717) is 12.1 Å². The van der Waals surface area contributed by atoms with Crippen LogP contribution in [0.15, 0.2) is 30.3 Å². The summed E-state index contributed by atoms with van der Waals surface area (Å²) in [6.07, 6.45) is 1.03. The standard InChI is InChI=1S/C18H25NOS/c1-6-17(15-9-7-8-10-18(15)20-5)19-13(3)16-11-12(2)21-14(16)4/h7-11,13,17,19H,6H2,1-5H3. The highest BCUT2D eigenvalue weighted by Crippen LogP contribution is 2.31. The van der Waals surface area contributed by atoms with Crippen molar-refractivity contribution in [2.75, 3.05) is 7.11 Å². The van der Waals surface area contributed by atoms with Crippen molar-refractivity contribution in [3.8, 4) is 5.75 Å². The van der Waals surface area contributed by atoms with Gasteiger partial charge in [0, 0.05) is 27.4 Å². The van der Waals surface area contributed by atoms with E-state index in [-0.39, 0.29) is 0 Å². The number of thiophene rings is 1. The lowest BCUT2D eigenvalue weighted by Gasteiger charge is -2.24. The molecule has 0 aliphatic rings. The van der Waals surface area contributed by atoms with Crippen LogP contribution in [0.5, 0.6) is 5.75 Å². The molecule has 3 heteroatoms. The summed E-state index contributed by atoms with van der Waals surface area (Å²) in [4.78, 5) is 2.78. The number of hydrogen-bond acceptors (Lipinski definition) is 3. The fourth-order valence-electron chi connectivity index (χ4n) is 2.85. The Labute approximate surface area is 132 Å². The normalized spacial score (nSPS) is 14.0. The minimum atomic E-state index is 0.302. The van der Waals surface area contributed by atoms with Crippen LogP contribution in [0, 0.1) is 13.8 Å². The van der Waals surface area contributed by atoms with Gasteiger partial charge in [0.25, 0.3) is 0 Å². The number of benzene rings is 1. The molecule has 0 amide bonds. The summed E-state index contributed by atoms with van der Waals surface area (Å²) in [7, 11) is 1.74. The molecule has 0 aliphatic heterocycles. The van der Waals surface area contributed by atoms with E-state index in [1.54, 1.807) is 7.11 Å². The lowest BCUT2D eigenvalue weighted by molar-refractivity contribution is 0.388. The molecule has 2 nitrogen and oxygen atoms in total. The molecule has 1 N–H and O–H groups in total. The van der Waals surface area contributed by atoms with Gasteiger partial charge in [-0.05, 0) is 44.9 Å². The van der Waals surface area contributed by atoms with Crippen LogP contribution in [-0.2, 0) is 0 Å². The van der Waals surface area contributed by atoms with E-state index in [1.165, 1.54) is 20.9 Å². The SMILES string of the molecule is CCC(NC(C)c1cc(C)sc1C)c1ccccc1OC. The highest BCUT2D eigenvalue weighted by atomic mass is 32.1. The van der Waals surface area contributed by atoms with Crippen LogP contribution >= 0.6 is 11.3 Å². The van der Waals surface area contributed by atoms with E-state index in [0.717, 1.165) is 12.2 Å². The molecule has 21 heavy (non-hydrogen) atoms. The van der Waals surface area contributed by atoms with Crippen molar-refractivity contribution >= 4 is 11.3 Å². The summed E-state index contributed by atoms with van der Waals surface area (Å²) in [5, 5.41) is 3.75. The topological polar surface area (TPSA) is 21.3 Å². The summed E-state index contributed by atoms with van der Waals surface area (Å²) in [6.45, 7) is 8.83. The fraction of sp³-hybridized carbons (Fsp3) is 0.444. The van der Waals surface area contributed by atoms with E-state index >= 15 is 0 Å². The smallest absolute Gasteiger partial charge is 0.123 e. The van der Waals surface area contributed by atoms with E-state index in [9.17, 15) is 0 Å². The van der Waals surface area contributed by atoms with Gasteiger partial charge in [0.1, 0.15) is 5.75 Å². The second-order valence-corrected chi connectivity index (χ2v) is 6.92. The maximum atomic E-state index is 5.51. The molecule has 1 aromatic heterocycles. The molecule has 1 heterocycles. The summed E-state index contributed by atoms with van der Waals surface area (Å²) in [5.74, 6) is 0.960. The Kier molecular flexibility index (Phi) is 5.43. The first-order chi connectivity index (χ1) is 10.1. The van der Waals surface area contributed by atoms with Crippen LogP contribution in [0.3, 0.4) is 0 Å². The first kappa shape index (κ1) is 16.1. The van der Waals surface area contributed by atoms with Gasteiger partial charge in [-0.25, -0.2) is 0 Å². The summed E-state index contributed by atoms with van der Waals surface area (Å²) >= 11 is 1.87. The summed E-state index contributed by atoms with van der Waals surface area (Å²) in [5.41, 5.74) is 2.64.